The van der Waals surface area contributed by atoms with Gasteiger partial charge in [0.25, 0.3) is 0 Å². The van der Waals surface area contributed by atoms with Crippen molar-refractivity contribution in [1.29, 1.82) is 0 Å². The lowest BCUT2D eigenvalue weighted by atomic mass is 10.0. The third kappa shape index (κ3) is 7.10. The van der Waals surface area contributed by atoms with Crippen molar-refractivity contribution in [2.75, 3.05) is 6.26 Å². The predicted octanol–water partition coefficient (Wildman–Crippen LogP) is 8.39. The van der Waals surface area contributed by atoms with Gasteiger partial charge in [0.1, 0.15) is 5.82 Å². The van der Waals surface area contributed by atoms with Crippen LogP contribution in [0.5, 0.6) is 0 Å². The van der Waals surface area contributed by atoms with Gasteiger partial charge in [-0.05, 0) is 57.1 Å². The van der Waals surface area contributed by atoms with E-state index in [4.69, 9.17) is 4.98 Å². The summed E-state index contributed by atoms with van der Waals surface area (Å²) < 4.78 is 2.38. The van der Waals surface area contributed by atoms with Gasteiger partial charge >= 0.3 is 0 Å². The quantitative estimate of drug-likeness (QED) is 0.201. The van der Waals surface area contributed by atoms with Crippen molar-refractivity contribution < 1.29 is 0 Å². The number of allylic oxidation sites excluding steroid dienone is 6. The summed E-state index contributed by atoms with van der Waals surface area (Å²) in [6.07, 6.45) is 15.2. The molecular formula is C27H37N3S. The van der Waals surface area contributed by atoms with Gasteiger partial charge in [0.2, 0.25) is 0 Å². The fraction of sp³-hybridized carbons (Fsp3) is 0.407. The van der Waals surface area contributed by atoms with E-state index < -0.39 is 0 Å². The summed E-state index contributed by atoms with van der Waals surface area (Å²) in [7, 11) is 0. The molecule has 0 aliphatic rings. The highest BCUT2D eigenvalue weighted by Gasteiger charge is 2.18. The lowest BCUT2D eigenvalue weighted by Crippen LogP contribution is -2.03. The zero-order valence-electron chi connectivity index (χ0n) is 20.0. The zero-order chi connectivity index (χ0) is 22.6. The second-order valence-electron chi connectivity index (χ2n) is 7.67. The summed E-state index contributed by atoms with van der Waals surface area (Å²) in [6, 6.07) is 8.52. The molecule has 1 aromatic heterocycles. The highest BCUT2D eigenvalue weighted by molar-refractivity contribution is 8.11. The minimum Gasteiger partial charge on any atom is -0.328 e. The molecule has 166 valence electrons. The van der Waals surface area contributed by atoms with E-state index in [0.717, 1.165) is 49.4 Å². The molecule has 4 heteroatoms. The fourth-order valence-corrected chi connectivity index (χ4v) is 3.59. The molecule has 3 nitrogen and oxygen atoms in total. The molecule has 0 aliphatic carbocycles. The first kappa shape index (κ1) is 24.9. The van der Waals surface area contributed by atoms with Crippen molar-refractivity contribution in [1.82, 2.24) is 9.55 Å². The molecule has 2 rings (SSSR count). The number of thioether (sulfide) groups is 1. The smallest absolute Gasteiger partial charge is 0.106 e. The molecule has 1 heterocycles. The molecule has 0 saturated carbocycles. The van der Waals surface area contributed by atoms with Gasteiger partial charge in [0, 0.05) is 12.1 Å². The number of imidazole rings is 1. The van der Waals surface area contributed by atoms with Crippen molar-refractivity contribution >= 4 is 28.6 Å². The fourth-order valence-electron chi connectivity index (χ4n) is 3.36. The summed E-state index contributed by atoms with van der Waals surface area (Å²) in [5.74, 6) is 1.07. The third-order valence-electron chi connectivity index (χ3n) is 5.25. The monoisotopic (exact) mass is 435 g/mol. The molecule has 0 amide bonds. The number of aryl methyl sites for hydroxylation is 1. The minimum atomic E-state index is 0.971. The van der Waals surface area contributed by atoms with Crippen molar-refractivity contribution in [2.45, 2.75) is 66.8 Å². The van der Waals surface area contributed by atoms with Gasteiger partial charge in [0.15, 0.2) is 0 Å². The van der Waals surface area contributed by atoms with Gasteiger partial charge in [-0.3, -0.25) is 4.99 Å². The minimum absolute atomic E-state index is 0.971. The summed E-state index contributed by atoms with van der Waals surface area (Å²) in [6.45, 7) is 11.9. The van der Waals surface area contributed by atoms with Gasteiger partial charge < -0.3 is 4.57 Å². The van der Waals surface area contributed by atoms with Crippen LogP contribution in [0.3, 0.4) is 0 Å². The Bertz CT molecular complexity index is 944. The SMILES string of the molecule is CC\C=C(/C=C\C=C(/C)CC)c1nc(C)n(CCCC)c1-c1ccc(N=CSC)cc1. The summed E-state index contributed by atoms with van der Waals surface area (Å²) in [4.78, 5) is 9.51. The highest BCUT2D eigenvalue weighted by Crippen LogP contribution is 2.32. The van der Waals surface area contributed by atoms with Crippen LogP contribution < -0.4 is 0 Å². The van der Waals surface area contributed by atoms with Crippen molar-refractivity contribution in [3.8, 4) is 11.3 Å². The van der Waals surface area contributed by atoms with E-state index >= 15 is 0 Å². The normalized spacial score (nSPS) is 13.1. The third-order valence-corrected chi connectivity index (χ3v) is 5.57. The lowest BCUT2D eigenvalue weighted by molar-refractivity contribution is 0.621. The van der Waals surface area contributed by atoms with E-state index in [1.165, 1.54) is 22.4 Å². The number of aromatic nitrogens is 2. The average Bonchev–Trinajstić information content (AvgIpc) is 3.11. The average molecular weight is 436 g/mol. The number of hydrogen-bond acceptors (Lipinski definition) is 3. The van der Waals surface area contributed by atoms with E-state index in [1.807, 2.05) is 11.8 Å². The molecule has 0 spiro atoms. The van der Waals surface area contributed by atoms with Crippen molar-refractivity contribution in [3.63, 3.8) is 0 Å². The maximum absolute atomic E-state index is 5.04. The zero-order valence-corrected chi connectivity index (χ0v) is 20.8. The van der Waals surface area contributed by atoms with Crippen LogP contribution in [-0.4, -0.2) is 21.4 Å². The Morgan fingerprint density at radius 2 is 1.90 bits per heavy atom. The van der Waals surface area contributed by atoms with Crippen LogP contribution in [0.15, 0.2) is 59.1 Å². The Kier molecular flexibility index (Phi) is 10.6. The molecule has 0 aliphatic heterocycles. The molecule has 0 radical (unpaired) electrons. The topological polar surface area (TPSA) is 30.2 Å². The number of rotatable bonds is 11. The van der Waals surface area contributed by atoms with Gasteiger partial charge in [-0.1, -0.05) is 69.2 Å². The first-order valence-corrected chi connectivity index (χ1v) is 12.6. The van der Waals surface area contributed by atoms with Gasteiger partial charge in [0.05, 0.1) is 22.6 Å². The number of unbranched alkanes of at least 4 members (excludes halogenated alkanes) is 1. The summed E-state index contributed by atoms with van der Waals surface area (Å²) in [5, 5.41) is 0. The van der Waals surface area contributed by atoms with E-state index in [0.29, 0.717) is 0 Å². The maximum atomic E-state index is 5.04. The molecular weight excluding hydrogens is 398 g/mol. The van der Waals surface area contributed by atoms with Crippen molar-refractivity contribution in [2.24, 2.45) is 4.99 Å². The predicted molar refractivity (Wildman–Crippen MR) is 140 cm³/mol. The van der Waals surface area contributed by atoms with E-state index in [2.05, 4.69) is 92.7 Å². The standard InChI is InChI=1S/C27H37N3S/c1-7-10-19-30-22(5)29-26(23(12-8-2)14-11-13-21(4)9-3)27(30)24-15-17-25(18-16-24)28-20-31-6/h11-18,20H,7-10,19H2,1-6H3/b14-11-,21-13+,23-12+,28-20?. The number of aliphatic imine (C=N–C) groups is 1. The molecule has 0 saturated heterocycles. The molecule has 31 heavy (non-hydrogen) atoms. The lowest BCUT2D eigenvalue weighted by Gasteiger charge is -2.12. The second kappa shape index (κ2) is 13.2. The molecule has 2 aromatic rings. The number of nitrogens with zero attached hydrogens (tertiary/aromatic N) is 3. The Hall–Kier alpha value is -2.33. The second-order valence-corrected chi connectivity index (χ2v) is 8.35. The van der Waals surface area contributed by atoms with E-state index in [9.17, 15) is 0 Å². The van der Waals surface area contributed by atoms with Crippen LogP contribution >= 0.6 is 11.8 Å². The maximum Gasteiger partial charge on any atom is 0.106 e. The summed E-state index contributed by atoms with van der Waals surface area (Å²) in [5.41, 5.74) is 8.85. The molecule has 0 N–H and O–H groups in total. The Morgan fingerprint density at radius 1 is 1.16 bits per heavy atom. The Morgan fingerprint density at radius 3 is 2.52 bits per heavy atom. The van der Waals surface area contributed by atoms with Crippen LogP contribution in [0, 0.1) is 6.92 Å². The first-order valence-electron chi connectivity index (χ1n) is 11.3. The number of benzene rings is 1. The Balaban J connectivity index is 2.58. The van der Waals surface area contributed by atoms with Crippen LogP contribution in [-0.2, 0) is 6.54 Å². The molecule has 1 aromatic carbocycles. The molecule has 0 fully saturated rings. The Labute approximate surface area is 193 Å². The molecule has 0 atom stereocenters. The van der Waals surface area contributed by atoms with E-state index in [-0.39, 0.29) is 0 Å². The largest absolute Gasteiger partial charge is 0.328 e. The summed E-state index contributed by atoms with van der Waals surface area (Å²) >= 11 is 1.61. The van der Waals surface area contributed by atoms with Crippen LogP contribution in [0.1, 0.15) is 64.9 Å². The highest BCUT2D eigenvalue weighted by atomic mass is 32.2. The molecule has 0 bridgehead atoms. The van der Waals surface area contributed by atoms with E-state index in [1.54, 1.807) is 11.8 Å². The van der Waals surface area contributed by atoms with Crippen LogP contribution in [0.25, 0.3) is 16.8 Å². The van der Waals surface area contributed by atoms with Crippen molar-refractivity contribution in [3.05, 3.63) is 65.7 Å². The first-order chi connectivity index (χ1) is 15.0. The van der Waals surface area contributed by atoms with Crippen LogP contribution in [0.2, 0.25) is 0 Å². The van der Waals surface area contributed by atoms with Gasteiger partial charge in [-0.25, -0.2) is 4.98 Å². The van der Waals surface area contributed by atoms with Gasteiger partial charge in [-0.2, -0.15) is 0 Å². The molecule has 0 unspecified atom stereocenters. The van der Waals surface area contributed by atoms with Crippen LogP contribution in [0.4, 0.5) is 5.69 Å². The van der Waals surface area contributed by atoms with Gasteiger partial charge in [-0.15, -0.1) is 11.8 Å². The number of hydrogen-bond donors (Lipinski definition) is 0.